The van der Waals surface area contributed by atoms with Crippen molar-refractivity contribution >= 4 is 33.0 Å². The van der Waals surface area contributed by atoms with E-state index in [0.717, 1.165) is 16.9 Å². The summed E-state index contributed by atoms with van der Waals surface area (Å²) in [5.41, 5.74) is 0.953. The molecule has 0 N–H and O–H groups in total. The van der Waals surface area contributed by atoms with Crippen LogP contribution in [0.25, 0.3) is 0 Å². The first kappa shape index (κ1) is 16.0. The van der Waals surface area contributed by atoms with Crippen LogP contribution in [-0.4, -0.2) is 25.3 Å². The molecule has 0 aromatic carbocycles. The number of rotatable bonds is 6. The molecule has 0 aliphatic rings. The maximum atomic E-state index is 12.5. The van der Waals surface area contributed by atoms with Crippen LogP contribution in [0.4, 0.5) is 0 Å². The number of aryl methyl sites for hydroxylation is 1. The molecule has 104 valence electrons. The van der Waals surface area contributed by atoms with Gasteiger partial charge in [0, 0.05) is 17.5 Å². The zero-order chi connectivity index (χ0) is 13.9. The second kappa shape index (κ2) is 6.37. The van der Waals surface area contributed by atoms with Gasteiger partial charge in [-0.05, 0) is 31.9 Å². The Labute approximate surface area is 119 Å². The van der Waals surface area contributed by atoms with E-state index in [9.17, 15) is 8.42 Å². The van der Waals surface area contributed by atoms with Gasteiger partial charge in [-0.1, -0.05) is 13.8 Å². The summed E-state index contributed by atoms with van der Waals surface area (Å²) in [5.74, 6) is 0.363. The molecule has 18 heavy (non-hydrogen) atoms. The summed E-state index contributed by atoms with van der Waals surface area (Å²) in [5, 5.41) is 0. The third kappa shape index (κ3) is 3.07. The molecule has 0 aliphatic heterocycles. The first-order valence-electron chi connectivity index (χ1n) is 6.05. The Morgan fingerprint density at radius 3 is 2.44 bits per heavy atom. The lowest BCUT2D eigenvalue weighted by molar-refractivity contribution is 0.343. The van der Waals surface area contributed by atoms with Crippen molar-refractivity contribution in [2.75, 3.05) is 6.54 Å². The molecule has 6 heteroatoms. The molecule has 0 bridgehead atoms. The lowest BCUT2D eigenvalue weighted by Gasteiger charge is -2.25. The Morgan fingerprint density at radius 2 is 2.06 bits per heavy atom. The minimum absolute atomic E-state index is 0.0156. The lowest BCUT2D eigenvalue weighted by Crippen LogP contribution is -2.37. The Morgan fingerprint density at radius 1 is 1.44 bits per heavy atom. The maximum Gasteiger partial charge on any atom is 0.252 e. The number of hydrogen-bond acceptors (Lipinski definition) is 3. The fourth-order valence-electron chi connectivity index (χ4n) is 1.79. The third-order valence-corrected chi connectivity index (χ3v) is 7.28. The molecule has 1 atom stereocenters. The molecule has 1 aromatic heterocycles. The largest absolute Gasteiger partial charge is 0.252 e. The normalized spacial score (nSPS) is 14.1. The van der Waals surface area contributed by atoms with Crippen LogP contribution in [0.5, 0.6) is 0 Å². The highest BCUT2D eigenvalue weighted by molar-refractivity contribution is 7.91. The average Bonchev–Trinajstić information content (AvgIpc) is 2.71. The van der Waals surface area contributed by atoms with E-state index in [4.69, 9.17) is 11.6 Å². The minimum atomic E-state index is -3.38. The first-order chi connectivity index (χ1) is 8.38. The zero-order valence-electron chi connectivity index (χ0n) is 11.2. The van der Waals surface area contributed by atoms with Crippen LogP contribution in [0, 0.1) is 6.92 Å². The molecule has 0 saturated heterocycles. The summed E-state index contributed by atoms with van der Waals surface area (Å²) in [7, 11) is -3.38. The Balaban J connectivity index is 3.18. The lowest BCUT2D eigenvalue weighted by atomic mass is 10.3. The standard InChI is InChI=1S/C12H20ClNO2S2/c1-5-10(4)14(6-2)18(15,16)12-7-9(3)11(8-13)17-12/h7,10H,5-6,8H2,1-4H3. The van der Waals surface area contributed by atoms with Crippen molar-refractivity contribution in [1.29, 1.82) is 0 Å². The summed E-state index contributed by atoms with van der Waals surface area (Å²) in [4.78, 5) is 0.926. The molecular weight excluding hydrogens is 290 g/mol. The molecule has 1 heterocycles. The van der Waals surface area contributed by atoms with Crippen molar-refractivity contribution in [2.24, 2.45) is 0 Å². The second-order valence-electron chi connectivity index (χ2n) is 4.27. The van der Waals surface area contributed by atoms with E-state index in [-0.39, 0.29) is 6.04 Å². The van der Waals surface area contributed by atoms with Gasteiger partial charge < -0.3 is 0 Å². The molecule has 0 fully saturated rings. The van der Waals surface area contributed by atoms with Gasteiger partial charge in [0.15, 0.2) is 0 Å². The van der Waals surface area contributed by atoms with Gasteiger partial charge in [0.25, 0.3) is 10.0 Å². The van der Waals surface area contributed by atoms with Crippen molar-refractivity contribution in [3.05, 3.63) is 16.5 Å². The fourth-order valence-corrected chi connectivity index (χ4v) is 5.44. The Bertz CT molecular complexity index is 496. The minimum Gasteiger partial charge on any atom is -0.206 e. The first-order valence-corrected chi connectivity index (χ1v) is 8.84. The van der Waals surface area contributed by atoms with Crippen molar-refractivity contribution in [3.63, 3.8) is 0 Å². The van der Waals surface area contributed by atoms with Crippen LogP contribution in [0.3, 0.4) is 0 Å². The van der Waals surface area contributed by atoms with E-state index >= 15 is 0 Å². The Kier molecular flexibility index (Phi) is 5.65. The van der Waals surface area contributed by atoms with Crippen molar-refractivity contribution < 1.29 is 8.42 Å². The topological polar surface area (TPSA) is 37.4 Å². The molecule has 0 aliphatic carbocycles. The highest BCUT2D eigenvalue weighted by atomic mass is 35.5. The smallest absolute Gasteiger partial charge is 0.206 e. The van der Waals surface area contributed by atoms with Crippen LogP contribution in [0.1, 0.15) is 37.6 Å². The van der Waals surface area contributed by atoms with Gasteiger partial charge in [0.05, 0.1) is 5.88 Å². The molecule has 0 radical (unpaired) electrons. The van der Waals surface area contributed by atoms with Crippen LogP contribution in [0.2, 0.25) is 0 Å². The molecule has 0 saturated carbocycles. The average molecular weight is 310 g/mol. The number of thiophene rings is 1. The van der Waals surface area contributed by atoms with Crippen molar-refractivity contribution in [3.8, 4) is 0 Å². The van der Waals surface area contributed by atoms with Gasteiger partial charge in [-0.15, -0.1) is 22.9 Å². The SMILES string of the molecule is CCC(C)N(CC)S(=O)(=O)c1cc(C)c(CCl)s1. The summed E-state index contributed by atoms with van der Waals surface area (Å²) in [6, 6.07) is 1.74. The van der Waals surface area contributed by atoms with Gasteiger partial charge >= 0.3 is 0 Å². The third-order valence-electron chi connectivity index (χ3n) is 3.08. The van der Waals surface area contributed by atoms with Crippen LogP contribution >= 0.6 is 22.9 Å². The molecular formula is C12H20ClNO2S2. The van der Waals surface area contributed by atoms with E-state index in [0.29, 0.717) is 16.6 Å². The van der Waals surface area contributed by atoms with Gasteiger partial charge in [0.1, 0.15) is 4.21 Å². The molecule has 3 nitrogen and oxygen atoms in total. The monoisotopic (exact) mass is 309 g/mol. The number of nitrogens with zero attached hydrogens (tertiary/aromatic N) is 1. The maximum absolute atomic E-state index is 12.5. The molecule has 1 aromatic rings. The summed E-state index contributed by atoms with van der Waals surface area (Å²) < 4.78 is 27.0. The summed E-state index contributed by atoms with van der Waals surface area (Å²) in [6.07, 6.45) is 0.805. The predicted molar refractivity (Wildman–Crippen MR) is 77.9 cm³/mol. The van der Waals surface area contributed by atoms with Crippen LogP contribution < -0.4 is 0 Å². The number of sulfonamides is 1. The quantitative estimate of drug-likeness (QED) is 0.753. The van der Waals surface area contributed by atoms with Gasteiger partial charge in [-0.25, -0.2) is 8.42 Å². The van der Waals surface area contributed by atoms with E-state index in [1.165, 1.54) is 11.3 Å². The zero-order valence-corrected chi connectivity index (χ0v) is 13.6. The van der Waals surface area contributed by atoms with Crippen molar-refractivity contribution in [2.45, 2.75) is 50.2 Å². The van der Waals surface area contributed by atoms with E-state index in [2.05, 4.69) is 0 Å². The number of halogens is 1. The highest BCUT2D eigenvalue weighted by Gasteiger charge is 2.28. The van der Waals surface area contributed by atoms with Crippen LogP contribution in [0.15, 0.2) is 10.3 Å². The van der Waals surface area contributed by atoms with Gasteiger partial charge in [-0.3, -0.25) is 0 Å². The molecule has 1 rings (SSSR count). The molecule has 1 unspecified atom stereocenters. The van der Waals surface area contributed by atoms with E-state index < -0.39 is 10.0 Å². The predicted octanol–water partition coefficient (Wildman–Crippen LogP) is 3.60. The van der Waals surface area contributed by atoms with Crippen LogP contribution in [-0.2, 0) is 15.9 Å². The number of alkyl halides is 1. The molecule has 0 spiro atoms. The second-order valence-corrected chi connectivity index (χ2v) is 7.79. The van der Waals surface area contributed by atoms with E-state index in [1.54, 1.807) is 10.4 Å². The highest BCUT2D eigenvalue weighted by Crippen LogP contribution is 2.30. The summed E-state index contributed by atoms with van der Waals surface area (Å²) >= 11 is 7.08. The number of hydrogen-bond donors (Lipinski definition) is 0. The van der Waals surface area contributed by atoms with E-state index in [1.807, 2.05) is 27.7 Å². The Hall–Kier alpha value is -0.100. The fraction of sp³-hybridized carbons (Fsp3) is 0.667. The van der Waals surface area contributed by atoms with Gasteiger partial charge in [-0.2, -0.15) is 4.31 Å². The molecule has 0 amide bonds. The van der Waals surface area contributed by atoms with Crippen molar-refractivity contribution in [1.82, 2.24) is 4.31 Å². The van der Waals surface area contributed by atoms with Gasteiger partial charge in [0.2, 0.25) is 0 Å². The summed E-state index contributed by atoms with van der Waals surface area (Å²) in [6.45, 7) is 8.18.